The van der Waals surface area contributed by atoms with E-state index in [9.17, 15) is 9.90 Å². The molecule has 2 N–H and O–H groups in total. The van der Waals surface area contributed by atoms with Crippen molar-refractivity contribution in [2.24, 2.45) is 5.92 Å². The van der Waals surface area contributed by atoms with E-state index in [2.05, 4.69) is 0 Å². The molecule has 0 bridgehead atoms. The number of ether oxygens (including phenoxy) is 1. The maximum absolute atomic E-state index is 10.7. The summed E-state index contributed by atoms with van der Waals surface area (Å²) in [6, 6.07) is 0. The third kappa shape index (κ3) is 0.937. The minimum absolute atomic E-state index is 0.169. The molecule has 0 aromatic rings. The fraction of sp³-hybridized carbons (Fsp3) is 0.857. The van der Waals surface area contributed by atoms with Crippen LogP contribution in [-0.2, 0) is 9.53 Å². The largest absolute Gasteiger partial charge is 0.462 e. The molecule has 2 aliphatic rings. The molecule has 0 spiro atoms. The molecule has 0 aromatic heterocycles. The van der Waals surface area contributed by atoms with Crippen LogP contribution in [0.15, 0.2) is 0 Å². The average Bonchev–Trinajstić information content (AvgIpc) is 2.37. The van der Waals surface area contributed by atoms with Gasteiger partial charge in [-0.25, -0.2) is 0 Å². The standard InChI is InChI=1S/C7H10O4/c8-4-2-5-3(7(4)10)1-6(9)11-5/h3-5,7-8,10H,1-2H2. The third-order valence-corrected chi connectivity index (χ3v) is 2.47. The van der Waals surface area contributed by atoms with E-state index >= 15 is 0 Å². The summed E-state index contributed by atoms with van der Waals surface area (Å²) in [7, 11) is 0. The molecule has 2 fully saturated rings. The van der Waals surface area contributed by atoms with Gasteiger partial charge in [-0.2, -0.15) is 0 Å². The second-order valence-corrected chi connectivity index (χ2v) is 3.19. The Hall–Kier alpha value is -0.610. The Morgan fingerprint density at radius 1 is 1.45 bits per heavy atom. The topological polar surface area (TPSA) is 66.8 Å². The van der Waals surface area contributed by atoms with E-state index < -0.39 is 12.2 Å². The van der Waals surface area contributed by atoms with Gasteiger partial charge in [0.05, 0.1) is 18.6 Å². The van der Waals surface area contributed by atoms with Crippen LogP contribution >= 0.6 is 0 Å². The number of carbonyl (C=O) groups excluding carboxylic acids is 1. The molecule has 11 heavy (non-hydrogen) atoms. The summed E-state index contributed by atoms with van der Waals surface area (Å²) in [6.07, 6.45) is -1.09. The predicted octanol–water partition coefficient (Wildman–Crippen LogP) is -0.956. The summed E-state index contributed by atoms with van der Waals surface area (Å²) >= 11 is 0. The molecule has 4 atom stereocenters. The van der Waals surface area contributed by atoms with Crippen LogP contribution in [-0.4, -0.2) is 34.5 Å². The van der Waals surface area contributed by atoms with Crippen molar-refractivity contribution in [1.82, 2.24) is 0 Å². The molecule has 4 heteroatoms. The maximum atomic E-state index is 10.7. The Kier molecular flexibility index (Phi) is 1.40. The minimum Gasteiger partial charge on any atom is -0.462 e. The molecule has 1 saturated carbocycles. The molecule has 1 saturated heterocycles. The van der Waals surface area contributed by atoms with Crippen molar-refractivity contribution >= 4 is 5.97 Å². The normalized spacial score (nSPS) is 49.1. The lowest BCUT2D eigenvalue weighted by atomic mass is 10.0. The van der Waals surface area contributed by atoms with Gasteiger partial charge in [0, 0.05) is 12.3 Å². The number of hydrogen-bond acceptors (Lipinski definition) is 4. The monoisotopic (exact) mass is 158 g/mol. The zero-order chi connectivity index (χ0) is 8.01. The zero-order valence-electron chi connectivity index (χ0n) is 5.93. The molecule has 62 valence electrons. The number of fused-ring (bicyclic) bond motifs is 1. The first-order valence-electron chi connectivity index (χ1n) is 3.74. The van der Waals surface area contributed by atoms with Crippen LogP contribution in [0.25, 0.3) is 0 Å². The van der Waals surface area contributed by atoms with Gasteiger partial charge in [0.15, 0.2) is 0 Å². The molecule has 1 aliphatic heterocycles. The first kappa shape index (κ1) is 7.06. The van der Waals surface area contributed by atoms with Crippen molar-refractivity contribution in [1.29, 1.82) is 0 Å². The molecule has 0 amide bonds. The highest BCUT2D eigenvalue weighted by atomic mass is 16.6. The van der Waals surface area contributed by atoms with Gasteiger partial charge in [0.1, 0.15) is 6.10 Å². The quantitative estimate of drug-likeness (QED) is 0.446. The lowest BCUT2D eigenvalue weighted by Gasteiger charge is -2.10. The number of carbonyl (C=O) groups is 1. The summed E-state index contributed by atoms with van der Waals surface area (Å²) in [5.74, 6) is -0.427. The van der Waals surface area contributed by atoms with Gasteiger partial charge in [-0.1, -0.05) is 0 Å². The van der Waals surface area contributed by atoms with E-state index in [1.165, 1.54) is 0 Å². The van der Waals surface area contributed by atoms with E-state index in [0.29, 0.717) is 6.42 Å². The minimum atomic E-state index is -0.772. The van der Waals surface area contributed by atoms with E-state index in [-0.39, 0.29) is 24.4 Å². The molecule has 0 aromatic carbocycles. The van der Waals surface area contributed by atoms with Crippen LogP contribution in [0.4, 0.5) is 0 Å². The summed E-state index contributed by atoms with van der Waals surface area (Å²) in [6.45, 7) is 0. The van der Waals surface area contributed by atoms with Gasteiger partial charge in [-0.05, 0) is 0 Å². The summed E-state index contributed by atoms with van der Waals surface area (Å²) in [5.41, 5.74) is 0. The highest BCUT2D eigenvalue weighted by Crippen LogP contribution is 2.36. The highest BCUT2D eigenvalue weighted by molar-refractivity contribution is 5.72. The molecular weight excluding hydrogens is 148 g/mol. The fourth-order valence-corrected chi connectivity index (χ4v) is 1.85. The number of rotatable bonds is 0. The van der Waals surface area contributed by atoms with Crippen molar-refractivity contribution in [3.63, 3.8) is 0 Å². The fourth-order valence-electron chi connectivity index (χ4n) is 1.85. The van der Waals surface area contributed by atoms with Gasteiger partial charge in [0.2, 0.25) is 0 Å². The first-order valence-corrected chi connectivity index (χ1v) is 3.74. The molecule has 1 heterocycles. The predicted molar refractivity (Wildman–Crippen MR) is 34.6 cm³/mol. The van der Waals surface area contributed by atoms with Gasteiger partial charge < -0.3 is 14.9 Å². The second kappa shape index (κ2) is 2.19. The highest BCUT2D eigenvalue weighted by Gasteiger charge is 2.48. The smallest absolute Gasteiger partial charge is 0.306 e. The number of esters is 1. The van der Waals surface area contributed by atoms with E-state index in [1.807, 2.05) is 0 Å². The lowest BCUT2D eigenvalue weighted by Crippen LogP contribution is -2.25. The van der Waals surface area contributed by atoms with Gasteiger partial charge >= 0.3 is 5.97 Å². The molecule has 2 rings (SSSR count). The molecule has 0 radical (unpaired) electrons. The maximum Gasteiger partial charge on any atom is 0.306 e. The lowest BCUT2D eigenvalue weighted by molar-refractivity contribution is -0.142. The van der Waals surface area contributed by atoms with Gasteiger partial charge in [0.25, 0.3) is 0 Å². The van der Waals surface area contributed by atoms with E-state index in [0.717, 1.165) is 0 Å². The molecule has 4 unspecified atom stereocenters. The number of aliphatic hydroxyl groups is 2. The van der Waals surface area contributed by atoms with Crippen molar-refractivity contribution < 1.29 is 19.7 Å². The van der Waals surface area contributed by atoms with Crippen LogP contribution in [0.5, 0.6) is 0 Å². The molecule has 1 aliphatic carbocycles. The third-order valence-electron chi connectivity index (χ3n) is 2.47. The summed E-state index contributed by atoms with van der Waals surface area (Å²) in [5, 5.41) is 18.5. The second-order valence-electron chi connectivity index (χ2n) is 3.19. The Morgan fingerprint density at radius 2 is 2.18 bits per heavy atom. The molecular formula is C7H10O4. The zero-order valence-corrected chi connectivity index (χ0v) is 5.93. The van der Waals surface area contributed by atoms with E-state index in [4.69, 9.17) is 9.84 Å². The van der Waals surface area contributed by atoms with Crippen molar-refractivity contribution in [2.75, 3.05) is 0 Å². The van der Waals surface area contributed by atoms with Crippen LogP contribution in [0.3, 0.4) is 0 Å². The SMILES string of the molecule is O=C1CC2C(CC(O)C2O)O1. The summed E-state index contributed by atoms with van der Waals surface area (Å²) in [4.78, 5) is 10.7. The van der Waals surface area contributed by atoms with Gasteiger partial charge in [-0.15, -0.1) is 0 Å². The first-order chi connectivity index (χ1) is 5.18. The van der Waals surface area contributed by atoms with Crippen molar-refractivity contribution in [2.45, 2.75) is 31.2 Å². The van der Waals surface area contributed by atoms with Crippen LogP contribution in [0.2, 0.25) is 0 Å². The Bertz CT molecular complexity index is 191. The Balaban J connectivity index is 2.13. The van der Waals surface area contributed by atoms with Crippen LogP contribution in [0.1, 0.15) is 12.8 Å². The van der Waals surface area contributed by atoms with Crippen molar-refractivity contribution in [3.8, 4) is 0 Å². The van der Waals surface area contributed by atoms with Crippen molar-refractivity contribution in [3.05, 3.63) is 0 Å². The number of hydrogen-bond donors (Lipinski definition) is 2. The Labute approximate surface area is 63.8 Å². The van der Waals surface area contributed by atoms with Crippen LogP contribution in [0, 0.1) is 5.92 Å². The Morgan fingerprint density at radius 3 is 2.82 bits per heavy atom. The number of aliphatic hydroxyl groups excluding tert-OH is 2. The molecule has 4 nitrogen and oxygen atoms in total. The summed E-state index contributed by atoms with van der Waals surface area (Å²) < 4.78 is 4.87. The van der Waals surface area contributed by atoms with Crippen LogP contribution < -0.4 is 0 Å². The van der Waals surface area contributed by atoms with Gasteiger partial charge in [-0.3, -0.25) is 4.79 Å². The average molecular weight is 158 g/mol. The van der Waals surface area contributed by atoms with E-state index in [1.54, 1.807) is 0 Å².